The van der Waals surface area contributed by atoms with Gasteiger partial charge in [0.15, 0.2) is 0 Å². The lowest BCUT2D eigenvalue weighted by Gasteiger charge is -2.34. The summed E-state index contributed by atoms with van der Waals surface area (Å²) in [6.07, 6.45) is 6.22. The third kappa shape index (κ3) is 3.47. The zero-order valence-corrected chi connectivity index (χ0v) is 15.5. The van der Waals surface area contributed by atoms with E-state index in [9.17, 15) is 13.2 Å². The number of nitrogens with one attached hydrogen (secondary N) is 1. The van der Waals surface area contributed by atoms with Gasteiger partial charge in [0, 0.05) is 38.0 Å². The molecule has 0 aliphatic carbocycles. The predicted octanol–water partition coefficient (Wildman–Crippen LogP) is 1.57. The maximum absolute atomic E-state index is 13.1. The Bertz CT molecular complexity index is 724. The number of amides is 1. The molecular formula is C17H27N3O4S. The first-order valence-electron chi connectivity index (χ1n) is 9.00. The van der Waals surface area contributed by atoms with Gasteiger partial charge in [0.1, 0.15) is 10.6 Å². The van der Waals surface area contributed by atoms with Crippen LogP contribution in [0, 0.1) is 0 Å². The summed E-state index contributed by atoms with van der Waals surface area (Å²) in [4.78, 5) is 17.2. The third-order valence-electron chi connectivity index (χ3n) is 5.42. The third-order valence-corrected chi connectivity index (χ3v) is 7.46. The second-order valence-corrected chi connectivity index (χ2v) is 9.12. The van der Waals surface area contributed by atoms with Gasteiger partial charge in [-0.1, -0.05) is 0 Å². The molecule has 2 aliphatic rings. The van der Waals surface area contributed by atoms with Gasteiger partial charge in [-0.15, -0.1) is 0 Å². The van der Waals surface area contributed by atoms with E-state index in [0.717, 1.165) is 38.8 Å². The molecule has 0 saturated carbocycles. The average Bonchev–Trinajstić information content (AvgIpc) is 3.32. The van der Waals surface area contributed by atoms with Gasteiger partial charge in [0.05, 0.1) is 0 Å². The van der Waals surface area contributed by atoms with E-state index in [1.807, 2.05) is 6.92 Å². The van der Waals surface area contributed by atoms with Crippen LogP contribution in [0.5, 0.6) is 0 Å². The molecule has 0 bridgehead atoms. The van der Waals surface area contributed by atoms with E-state index in [4.69, 9.17) is 5.11 Å². The average molecular weight is 369 g/mol. The first-order chi connectivity index (χ1) is 11.9. The van der Waals surface area contributed by atoms with Crippen molar-refractivity contribution in [3.8, 4) is 0 Å². The van der Waals surface area contributed by atoms with E-state index in [1.54, 1.807) is 9.21 Å². The lowest BCUT2D eigenvalue weighted by atomic mass is 9.94. The fourth-order valence-electron chi connectivity index (χ4n) is 3.98. The second kappa shape index (κ2) is 7.09. The number of carbonyl (C=O) groups excluding carboxylic acids is 1. The molecule has 0 aromatic carbocycles. The number of hydrogen-bond acceptors (Lipinski definition) is 4. The quantitative estimate of drug-likeness (QED) is 0.796. The Kier molecular flexibility index (Phi) is 5.22. The number of rotatable bonds is 6. The number of likely N-dealkylation sites (tertiary alicyclic amines) is 1. The van der Waals surface area contributed by atoms with Crippen molar-refractivity contribution in [2.45, 2.75) is 55.9 Å². The number of aromatic nitrogens is 1. The van der Waals surface area contributed by atoms with E-state index in [0.29, 0.717) is 25.1 Å². The second-order valence-electron chi connectivity index (χ2n) is 7.25. The number of hydrogen-bond donors (Lipinski definition) is 2. The molecule has 1 aromatic heterocycles. The monoisotopic (exact) mass is 369 g/mol. The van der Waals surface area contributed by atoms with Crippen LogP contribution in [-0.2, 0) is 10.0 Å². The number of H-pyrrole nitrogens is 1. The van der Waals surface area contributed by atoms with Crippen molar-refractivity contribution in [2.75, 3.05) is 26.2 Å². The summed E-state index contributed by atoms with van der Waals surface area (Å²) in [5, 5.41) is 9.10. The zero-order valence-electron chi connectivity index (χ0n) is 14.7. The molecule has 1 amide bonds. The Hall–Kier alpha value is -1.38. The molecule has 1 aromatic rings. The van der Waals surface area contributed by atoms with Gasteiger partial charge in [-0.3, -0.25) is 4.79 Å². The van der Waals surface area contributed by atoms with Crippen LogP contribution in [0.15, 0.2) is 17.2 Å². The largest absolute Gasteiger partial charge is 0.396 e. The van der Waals surface area contributed by atoms with Gasteiger partial charge >= 0.3 is 0 Å². The summed E-state index contributed by atoms with van der Waals surface area (Å²) >= 11 is 0. The summed E-state index contributed by atoms with van der Waals surface area (Å²) in [5.41, 5.74) is -0.144. The Morgan fingerprint density at radius 3 is 2.68 bits per heavy atom. The molecule has 8 heteroatoms. The van der Waals surface area contributed by atoms with Crippen molar-refractivity contribution in [3.63, 3.8) is 0 Å². The number of aromatic amines is 1. The van der Waals surface area contributed by atoms with Gasteiger partial charge in [-0.05, 0) is 51.5 Å². The number of nitrogens with zero attached hydrogens (tertiary/aromatic N) is 2. The topological polar surface area (TPSA) is 93.7 Å². The summed E-state index contributed by atoms with van der Waals surface area (Å²) < 4.78 is 27.7. The Morgan fingerprint density at radius 2 is 2.00 bits per heavy atom. The fraction of sp³-hybridized carbons (Fsp3) is 0.706. The molecule has 2 aliphatic heterocycles. The summed E-state index contributed by atoms with van der Waals surface area (Å²) in [6, 6.07) is 1.46. The SMILES string of the molecule is C[C@@]1(CCCO)CCCN1S(=O)(=O)c1c[nH]c(C(=O)N2CCCC2)c1. The highest BCUT2D eigenvalue weighted by Crippen LogP contribution is 2.37. The summed E-state index contributed by atoms with van der Waals surface area (Å²) in [6.45, 7) is 3.93. The highest BCUT2D eigenvalue weighted by atomic mass is 32.2. The normalized spacial score (nSPS) is 25.0. The molecule has 7 nitrogen and oxygen atoms in total. The van der Waals surface area contributed by atoms with Crippen LogP contribution < -0.4 is 0 Å². The van der Waals surface area contributed by atoms with Crippen molar-refractivity contribution < 1.29 is 18.3 Å². The molecule has 0 unspecified atom stereocenters. The predicted molar refractivity (Wildman–Crippen MR) is 93.8 cm³/mol. The molecule has 3 heterocycles. The van der Waals surface area contributed by atoms with Gasteiger partial charge in [0.2, 0.25) is 10.0 Å². The summed E-state index contributed by atoms with van der Waals surface area (Å²) in [5.74, 6) is -0.136. The lowest BCUT2D eigenvalue weighted by Crippen LogP contribution is -2.44. The van der Waals surface area contributed by atoms with E-state index in [2.05, 4.69) is 4.98 Å². The number of sulfonamides is 1. The maximum atomic E-state index is 13.1. The number of aliphatic hydroxyl groups excluding tert-OH is 1. The maximum Gasteiger partial charge on any atom is 0.270 e. The van der Waals surface area contributed by atoms with E-state index in [1.165, 1.54) is 12.3 Å². The van der Waals surface area contributed by atoms with Crippen molar-refractivity contribution in [3.05, 3.63) is 18.0 Å². The van der Waals surface area contributed by atoms with Crippen LogP contribution in [-0.4, -0.2) is 65.4 Å². The minimum atomic E-state index is -3.66. The number of carbonyl (C=O) groups is 1. The van der Waals surface area contributed by atoms with Gasteiger partial charge in [-0.2, -0.15) is 4.31 Å². The van der Waals surface area contributed by atoms with Crippen LogP contribution in [0.3, 0.4) is 0 Å². The van der Waals surface area contributed by atoms with Crippen LogP contribution in [0.25, 0.3) is 0 Å². The summed E-state index contributed by atoms with van der Waals surface area (Å²) in [7, 11) is -3.66. The van der Waals surface area contributed by atoms with Crippen LogP contribution in [0.1, 0.15) is 55.9 Å². The molecule has 0 spiro atoms. The molecule has 2 N–H and O–H groups in total. The Labute approximate surface area is 149 Å². The minimum Gasteiger partial charge on any atom is -0.396 e. The van der Waals surface area contributed by atoms with Gasteiger partial charge < -0.3 is 15.0 Å². The molecule has 140 valence electrons. The van der Waals surface area contributed by atoms with E-state index in [-0.39, 0.29) is 17.4 Å². The zero-order chi connectivity index (χ0) is 18.1. The minimum absolute atomic E-state index is 0.0577. The first-order valence-corrected chi connectivity index (χ1v) is 10.4. The van der Waals surface area contributed by atoms with Crippen molar-refractivity contribution in [2.24, 2.45) is 0 Å². The van der Waals surface area contributed by atoms with Crippen molar-refractivity contribution in [1.82, 2.24) is 14.2 Å². The number of aliphatic hydroxyl groups is 1. The fourth-order valence-corrected chi connectivity index (χ4v) is 5.84. The molecule has 2 saturated heterocycles. The van der Waals surface area contributed by atoms with Crippen LogP contribution in [0.2, 0.25) is 0 Å². The van der Waals surface area contributed by atoms with E-state index >= 15 is 0 Å². The Balaban J connectivity index is 1.81. The molecule has 2 fully saturated rings. The van der Waals surface area contributed by atoms with Crippen LogP contribution in [0.4, 0.5) is 0 Å². The molecule has 3 rings (SSSR count). The highest BCUT2D eigenvalue weighted by molar-refractivity contribution is 7.89. The van der Waals surface area contributed by atoms with Gasteiger partial charge in [0.25, 0.3) is 5.91 Å². The standard InChI is InChI=1S/C17H27N3O4S/c1-17(7-5-11-21)6-4-10-20(17)25(23,24)14-12-15(18-13-14)16(22)19-8-2-3-9-19/h12-13,18,21H,2-11H2,1H3/t17-/m0/s1. The highest BCUT2D eigenvalue weighted by Gasteiger charge is 2.44. The van der Waals surface area contributed by atoms with Gasteiger partial charge in [-0.25, -0.2) is 8.42 Å². The molecule has 0 radical (unpaired) electrons. The first kappa shape index (κ1) is 18.4. The Morgan fingerprint density at radius 1 is 1.28 bits per heavy atom. The molecular weight excluding hydrogens is 342 g/mol. The van der Waals surface area contributed by atoms with Crippen molar-refractivity contribution in [1.29, 1.82) is 0 Å². The molecule has 1 atom stereocenters. The molecule has 25 heavy (non-hydrogen) atoms. The van der Waals surface area contributed by atoms with E-state index < -0.39 is 15.6 Å². The lowest BCUT2D eigenvalue weighted by molar-refractivity contribution is 0.0787. The van der Waals surface area contributed by atoms with Crippen molar-refractivity contribution >= 4 is 15.9 Å². The smallest absolute Gasteiger partial charge is 0.270 e. The van der Waals surface area contributed by atoms with Crippen LogP contribution >= 0.6 is 0 Å².